The Morgan fingerprint density at radius 2 is 2.06 bits per heavy atom. The molecular weight excluding hydrogens is 246 g/mol. The van der Waals surface area contributed by atoms with Gasteiger partial charge in [0.1, 0.15) is 5.75 Å². The molecule has 102 valence electrons. The van der Waals surface area contributed by atoms with E-state index in [1.807, 2.05) is 13.0 Å². The highest BCUT2D eigenvalue weighted by Crippen LogP contribution is 2.39. The van der Waals surface area contributed by atoms with Gasteiger partial charge < -0.3 is 10.5 Å². The minimum absolute atomic E-state index is 0.474. The first kappa shape index (κ1) is 15.3. The molecule has 1 rings (SSSR count). The molecule has 18 heavy (non-hydrogen) atoms. The summed E-state index contributed by atoms with van der Waals surface area (Å²) in [6.45, 7) is 7.03. The Hall–Kier alpha value is -0.730. The van der Waals surface area contributed by atoms with Crippen LogP contribution < -0.4 is 10.5 Å². The maximum atomic E-state index is 6.37. The second-order valence-electron chi connectivity index (χ2n) is 4.78. The van der Waals surface area contributed by atoms with E-state index >= 15 is 0 Å². The van der Waals surface area contributed by atoms with Crippen molar-refractivity contribution in [1.82, 2.24) is 0 Å². The summed E-state index contributed by atoms with van der Waals surface area (Å²) in [5.74, 6) is 1.43. The van der Waals surface area contributed by atoms with E-state index in [0.717, 1.165) is 47.7 Å². The summed E-state index contributed by atoms with van der Waals surface area (Å²) in [4.78, 5) is 0. The molecule has 0 aliphatic heterocycles. The standard InChI is InChI=1S/C15H24ClNO/c1-5-12(7-6-8-17)14-11(3)15(16)10(2)9-13(14)18-4/h9,12H,5-8,17H2,1-4H3. The van der Waals surface area contributed by atoms with Gasteiger partial charge in [-0.1, -0.05) is 18.5 Å². The van der Waals surface area contributed by atoms with Crippen molar-refractivity contribution in [1.29, 1.82) is 0 Å². The normalized spacial score (nSPS) is 12.6. The van der Waals surface area contributed by atoms with Crippen molar-refractivity contribution >= 4 is 11.6 Å². The van der Waals surface area contributed by atoms with Crippen LogP contribution in [0.1, 0.15) is 48.8 Å². The zero-order valence-corrected chi connectivity index (χ0v) is 12.6. The van der Waals surface area contributed by atoms with Gasteiger partial charge in [-0.2, -0.15) is 0 Å². The van der Waals surface area contributed by atoms with Crippen molar-refractivity contribution in [3.8, 4) is 5.75 Å². The van der Waals surface area contributed by atoms with Crippen LogP contribution in [0.25, 0.3) is 0 Å². The number of aryl methyl sites for hydroxylation is 1. The highest BCUT2D eigenvalue weighted by molar-refractivity contribution is 6.32. The molecular formula is C15H24ClNO. The van der Waals surface area contributed by atoms with Crippen LogP contribution in [0.2, 0.25) is 5.02 Å². The first-order valence-corrected chi connectivity index (χ1v) is 6.98. The zero-order chi connectivity index (χ0) is 13.7. The van der Waals surface area contributed by atoms with E-state index in [0.29, 0.717) is 5.92 Å². The van der Waals surface area contributed by atoms with Gasteiger partial charge in [0.2, 0.25) is 0 Å². The lowest BCUT2D eigenvalue weighted by atomic mass is 9.87. The Labute approximate surface area is 115 Å². The fourth-order valence-electron chi connectivity index (χ4n) is 2.53. The van der Waals surface area contributed by atoms with Crippen LogP contribution in [0, 0.1) is 13.8 Å². The lowest BCUT2D eigenvalue weighted by Crippen LogP contribution is -2.07. The van der Waals surface area contributed by atoms with E-state index in [2.05, 4.69) is 13.8 Å². The van der Waals surface area contributed by atoms with Gasteiger partial charge in [-0.25, -0.2) is 0 Å². The predicted octanol–water partition coefficient (Wildman–Crippen LogP) is 4.20. The summed E-state index contributed by atoms with van der Waals surface area (Å²) in [5, 5.41) is 0.858. The molecule has 0 saturated heterocycles. The highest BCUT2D eigenvalue weighted by atomic mass is 35.5. The molecule has 0 aromatic heterocycles. The van der Waals surface area contributed by atoms with Crippen LogP contribution in [-0.2, 0) is 0 Å². The first-order valence-electron chi connectivity index (χ1n) is 6.60. The van der Waals surface area contributed by atoms with Crippen LogP contribution >= 0.6 is 11.6 Å². The van der Waals surface area contributed by atoms with Crippen molar-refractivity contribution in [2.45, 2.75) is 46.0 Å². The molecule has 0 fully saturated rings. The number of hydrogen-bond donors (Lipinski definition) is 1. The molecule has 0 heterocycles. The summed E-state index contributed by atoms with van der Waals surface area (Å²) < 4.78 is 5.53. The SMILES string of the molecule is CCC(CCCN)c1c(OC)cc(C)c(Cl)c1C. The van der Waals surface area contributed by atoms with Crippen LogP contribution in [0.3, 0.4) is 0 Å². The smallest absolute Gasteiger partial charge is 0.122 e. The topological polar surface area (TPSA) is 35.2 Å². The molecule has 0 spiro atoms. The van der Waals surface area contributed by atoms with Gasteiger partial charge in [0.05, 0.1) is 7.11 Å². The molecule has 0 amide bonds. The lowest BCUT2D eigenvalue weighted by molar-refractivity contribution is 0.401. The van der Waals surface area contributed by atoms with Crippen molar-refractivity contribution in [2.75, 3.05) is 13.7 Å². The fraction of sp³-hybridized carbons (Fsp3) is 0.600. The van der Waals surface area contributed by atoms with Gasteiger partial charge in [0, 0.05) is 10.6 Å². The lowest BCUT2D eigenvalue weighted by Gasteiger charge is -2.22. The molecule has 1 aromatic carbocycles. The molecule has 1 aromatic rings. The number of halogens is 1. The molecule has 0 aliphatic rings. The second-order valence-corrected chi connectivity index (χ2v) is 5.16. The molecule has 0 bridgehead atoms. The van der Waals surface area contributed by atoms with Crippen molar-refractivity contribution in [2.24, 2.45) is 5.73 Å². The Balaban J connectivity index is 3.22. The minimum Gasteiger partial charge on any atom is -0.496 e. The van der Waals surface area contributed by atoms with Crippen LogP contribution in [-0.4, -0.2) is 13.7 Å². The van der Waals surface area contributed by atoms with E-state index in [4.69, 9.17) is 22.1 Å². The molecule has 3 heteroatoms. The van der Waals surface area contributed by atoms with Crippen LogP contribution in [0.15, 0.2) is 6.07 Å². The van der Waals surface area contributed by atoms with Crippen molar-refractivity contribution in [3.63, 3.8) is 0 Å². The molecule has 2 N–H and O–H groups in total. The predicted molar refractivity (Wildman–Crippen MR) is 78.8 cm³/mol. The number of benzene rings is 1. The maximum absolute atomic E-state index is 6.37. The number of ether oxygens (including phenoxy) is 1. The minimum atomic E-state index is 0.474. The largest absolute Gasteiger partial charge is 0.496 e. The van der Waals surface area contributed by atoms with Gasteiger partial charge in [-0.3, -0.25) is 0 Å². The third-order valence-electron chi connectivity index (χ3n) is 3.57. The Morgan fingerprint density at radius 1 is 1.39 bits per heavy atom. The Bertz CT molecular complexity index is 404. The quantitative estimate of drug-likeness (QED) is 0.840. The number of nitrogens with two attached hydrogens (primary N) is 1. The first-order chi connectivity index (χ1) is 8.56. The number of rotatable bonds is 6. The van der Waals surface area contributed by atoms with Gasteiger partial charge in [0.25, 0.3) is 0 Å². The molecule has 0 radical (unpaired) electrons. The summed E-state index contributed by atoms with van der Waals surface area (Å²) in [6, 6.07) is 2.04. The third kappa shape index (κ3) is 3.18. The Morgan fingerprint density at radius 3 is 2.56 bits per heavy atom. The van der Waals surface area contributed by atoms with Gasteiger partial charge in [-0.15, -0.1) is 0 Å². The molecule has 0 aliphatic carbocycles. The highest BCUT2D eigenvalue weighted by Gasteiger charge is 2.19. The average Bonchev–Trinajstić information content (AvgIpc) is 2.38. The zero-order valence-electron chi connectivity index (χ0n) is 11.8. The third-order valence-corrected chi connectivity index (χ3v) is 4.15. The second kappa shape index (κ2) is 7.01. The van der Waals surface area contributed by atoms with E-state index in [9.17, 15) is 0 Å². The maximum Gasteiger partial charge on any atom is 0.122 e. The summed E-state index contributed by atoms with van der Waals surface area (Å²) in [7, 11) is 1.72. The summed E-state index contributed by atoms with van der Waals surface area (Å²) in [5.41, 5.74) is 9.09. The molecule has 1 atom stereocenters. The van der Waals surface area contributed by atoms with Gasteiger partial charge >= 0.3 is 0 Å². The molecule has 0 saturated carbocycles. The van der Waals surface area contributed by atoms with Gasteiger partial charge in [0.15, 0.2) is 0 Å². The monoisotopic (exact) mass is 269 g/mol. The van der Waals surface area contributed by atoms with E-state index < -0.39 is 0 Å². The number of hydrogen-bond acceptors (Lipinski definition) is 2. The van der Waals surface area contributed by atoms with E-state index in [1.54, 1.807) is 7.11 Å². The van der Waals surface area contributed by atoms with Crippen molar-refractivity contribution < 1.29 is 4.74 Å². The van der Waals surface area contributed by atoms with Crippen molar-refractivity contribution in [3.05, 3.63) is 27.8 Å². The number of methoxy groups -OCH3 is 1. The average molecular weight is 270 g/mol. The van der Waals surface area contributed by atoms with Crippen LogP contribution in [0.5, 0.6) is 5.75 Å². The molecule has 1 unspecified atom stereocenters. The van der Waals surface area contributed by atoms with E-state index in [-0.39, 0.29) is 0 Å². The Kier molecular flexibility index (Phi) is 5.97. The van der Waals surface area contributed by atoms with E-state index in [1.165, 1.54) is 5.56 Å². The van der Waals surface area contributed by atoms with Gasteiger partial charge in [-0.05, 0) is 62.8 Å². The fourth-order valence-corrected chi connectivity index (χ4v) is 2.69. The summed E-state index contributed by atoms with van der Waals surface area (Å²) in [6.07, 6.45) is 3.20. The summed E-state index contributed by atoms with van der Waals surface area (Å²) >= 11 is 6.37. The van der Waals surface area contributed by atoms with Crippen LogP contribution in [0.4, 0.5) is 0 Å². The molecule has 2 nitrogen and oxygen atoms in total.